The second kappa shape index (κ2) is 9.38. The van der Waals surface area contributed by atoms with Crippen molar-refractivity contribution in [1.82, 2.24) is 15.1 Å². The molecule has 8 heteroatoms. The van der Waals surface area contributed by atoms with Crippen molar-refractivity contribution in [2.24, 2.45) is 0 Å². The van der Waals surface area contributed by atoms with Gasteiger partial charge in [-0.1, -0.05) is 34.1 Å². The molecule has 2 aromatic carbocycles. The minimum atomic E-state index is -0.358. The van der Waals surface area contributed by atoms with Gasteiger partial charge in [0.05, 0.1) is 5.69 Å². The lowest BCUT2D eigenvalue weighted by molar-refractivity contribution is 0.0958. The largest absolute Gasteiger partial charge is 0.489 e. The summed E-state index contributed by atoms with van der Waals surface area (Å²) in [6.45, 7) is 2.82. The van der Waals surface area contributed by atoms with Crippen molar-refractivity contribution < 1.29 is 14.3 Å². The Kier molecular flexibility index (Phi) is 6.66. The summed E-state index contributed by atoms with van der Waals surface area (Å²) in [7, 11) is 1.52. The summed E-state index contributed by atoms with van der Waals surface area (Å²) in [5.41, 5.74) is 1.87. The van der Waals surface area contributed by atoms with Crippen LogP contribution in [-0.4, -0.2) is 28.6 Å². The van der Waals surface area contributed by atoms with Gasteiger partial charge < -0.3 is 15.4 Å². The molecule has 0 unspecified atom stereocenters. The van der Waals surface area contributed by atoms with Crippen LogP contribution in [0.4, 0.5) is 5.69 Å². The van der Waals surface area contributed by atoms with Gasteiger partial charge in [-0.15, -0.1) is 0 Å². The molecule has 2 N–H and O–H groups in total. The molecule has 0 aliphatic heterocycles. The number of aryl methyl sites for hydroxylation is 1. The minimum Gasteiger partial charge on any atom is -0.489 e. The van der Waals surface area contributed by atoms with E-state index in [0.29, 0.717) is 24.4 Å². The summed E-state index contributed by atoms with van der Waals surface area (Å²) in [4.78, 5) is 24.7. The Bertz CT molecular complexity index is 1030. The number of hydrogen-bond donors (Lipinski definition) is 2. The maximum atomic E-state index is 12.7. The van der Waals surface area contributed by atoms with Crippen LogP contribution < -0.4 is 15.4 Å². The molecule has 0 bridgehead atoms. The molecule has 3 aromatic rings. The van der Waals surface area contributed by atoms with E-state index in [1.165, 1.54) is 7.05 Å². The summed E-state index contributed by atoms with van der Waals surface area (Å²) >= 11 is 3.41. The fraction of sp³-hybridized carbons (Fsp3) is 0.190. The van der Waals surface area contributed by atoms with E-state index >= 15 is 0 Å². The quantitative estimate of drug-likeness (QED) is 0.565. The minimum absolute atomic E-state index is 0.178. The van der Waals surface area contributed by atoms with Crippen LogP contribution in [0.25, 0.3) is 0 Å². The monoisotopic (exact) mass is 456 g/mol. The highest BCUT2D eigenvalue weighted by molar-refractivity contribution is 9.10. The first-order valence-corrected chi connectivity index (χ1v) is 9.87. The van der Waals surface area contributed by atoms with E-state index in [2.05, 4.69) is 31.7 Å². The van der Waals surface area contributed by atoms with E-state index in [4.69, 9.17) is 4.74 Å². The number of nitrogens with zero attached hydrogens (tertiary/aromatic N) is 2. The highest BCUT2D eigenvalue weighted by atomic mass is 79.9. The fourth-order valence-electron chi connectivity index (χ4n) is 2.68. The molecule has 150 valence electrons. The van der Waals surface area contributed by atoms with Crippen molar-refractivity contribution in [2.45, 2.75) is 20.1 Å². The SMILES string of the molecule is CCn1cc(NC(=O)c2cccc(COc3cccc(Br)c3)c2)c(C(=O)NC)n1. The third-order valence-electron chi connectivity index (χ3n) is 4.17. The van der Waals surface area contributed by atoms with Crippen molar-refractivity contribution >= 4 is 33.4 Å². The number of carbonyl (C=O) groups is 2. The van der Waals surface area contributed by atoms with Gasteiger partial charge in [0, 0.05) is 29.8 Å². The van der Waals surface area contributed by atoms with E-state index in [1.807, 2.05) is 37.3 Å². The third kappa shape index (κ3) is 5.23. The van der Waals surface area contributed by atoms with Crippen molar-refractivity contribution in [2.75, 3.05) is 12.4 Å². The molecule has 0 aliphatic carbocycles. The molecule has 3 rings (SSSR count). The van der Waals surface area contributed by atoms with Crippen LogP contribution in [-0.2, 0) is 13.2 Å². The second-order valence-corrected chi connectivity index (χ2v) is 7.14. The Morgan fingerprint density at radius 2 is 1.93 bits per heavy atom. The Hall–Kier alpha value is -3.13. The summed E-state index contributed by atoms with van der Waals surface area (Å²) in [6.07, 6.45) is 1.64. The van der Waals surface area contributed by atoms with Crippen LogP contribution in [0.3, 0.4) is 0 Å². The van der Waals surface area contributed by atoms with Gasteiger partial charge in [-0.25, -0.2) is 0 Å². The highest BCUT2D eigenvalue weighted by Gasteiger charge is 2.18. The van der Waals surface area contributed by atoms with Gasteiger partial charge in [0.2, 0.25) is 0 Å². The van der Waals surface area contributed by atoms with E-state index in [0.717, 1.165) is 15.8 Å². The number of hydrogen-bond acceptors (Lipinski definition) is 4. The Labute approximate surface area is 177 Å². The Balaban J connectivity index is 1.73. The molecule has 0 atom stereocenters. The summed E-state index contributed by atoms with van der Waals surface area (Å²) in [5.74, 6) is 0.0511. The summed E-state index contributed by atoms with van der Waals surface area (Å²) < 4.78 is 8.31. The molecule has 2 amide bonds. The molecule has 0 spiro atoms. The van der Waals surface area contributed by atoms with Crippen molar-refractivity contribution in [3.05, 3.63) is 76.0 Å². The second-order valence-electron chi connectivity index (χ2n) is 6.23. The highest BCUT2D eigenvalue weighted by Crippen LogP contribution is 2.20. The van der Waals surface area contributed by atoms with Crippen LogP contribution in [0.5, 0.6) is 5.75 Å². The predicted molar refractivity (Wildman–Crippen MR) is 114 cm³/mol. The predicted octanol–water partition coefficient (Wildman–Crippen LogP) is 3.86. The van der Waals surface area contributed by atoms with Crippen molar-refractivity contribution in [1.29, 1.82) is 0 Å². The van der Waals surface area contributed by atoms with E-state index in [-0.39, 0.29) is 17.5 Å². The number of ether oxygens (including phenoxy) is 1. The number of aromatic nitrogens is 2. The van der Waals surface area contributed by atoms with Crippen molar-refractivity contribution in [3.8, 4) is 5.75 Å². The molecule has 1 aromatic heterocycles. The number of amides is 2. The average molecular weight is 457 g/mol. The zero-order valence-corrected chi connectivity index (χ0v) is 17.7. The zero-order chi connectivity index (χ0) is 20.8. The average Bonchev–Trinajstić information content (AvgIpc) is 3.15. The molecule has 0 saturated heterocycles. The smallest absolute Gasteiger partial charge is 0.273 e. The number of benzene rings is 2. The van der Waals surface area contributed by atoms with E-state index < -0.39 is 0 Å². The van der Waals surface area contributed by atoms with E-state index in [9.17, 15) is 9.59 Å². The first-order chi connectivity index (χ1) is 14.0. The lowest BCUT2D eigenvalue weighted by Crippen LogP contribution is -2.21. The fourth-order valence-corrected chi connectivity index (χ4v) is 3.06. The summed E-state index contributed by atoms with van der Waals surface area (Å²) in [5, 5.41) is 9.51. The normalized spacial score (nSPS) is 10.4. The molecule has 0 fully saturated rings. The van der Waals surface area contributed by atoms with Gasteiger partial charge in [-0.3, -0.25) is 14.3 Å². The van der Waals surface area contributed by atoms with Gasteiger partial charge in [0.1, 0.15) is 12.4 Å². The Morgan fingerprint density at radius 1 is 1.14 bits per heavy atom. The third-order valence-corrected chi connectivity index (χ3v) is 4.66. The number of halogens is 1. The molecule has 7 nitrogen and oxygen atoms in total. The first kappa shape index (κ1) is 20.6. The van der Waals surface area contributed by atoms with Crippen LogP contribution in [0, 0.1) is 0 Å². The molecule has 0 saturated carbocycles. The summed E-state index contributed by atoms with van der Waals surface area (Å²) in [6, 6.07) is 14.7. The molecule has 0 radical (unpaired) electrons. The van der Waals surface area contributed by atoms with Crippen LogP contribution in [0.15, 0.2) is 59.2 Å². The number of rotatable bonds is 7. The first-order valence-electron chi connectivity index (χ1n) is 9.08. The zero-order valence-electron chi connectivity index (χ0n) is 16.1. The van der Waals surface area contributed by atoms with Gasteiger partial charge in [0.15, 0.2) is 5.69 Å². The van der Waals surface area contributed by atoms with Crippen LogP contribution in [0.2, 0.25) is 0 Å². The Morgan fingerprint density at radius 3 is 2.66 bits per heavy atom. The van der Waals surface area contributed by atoms with Gasteiger partial charge in [0.25, 0.3) is 11.8 Å². The number of nitrogens with one attached hydrogen (secondary N) is 2. The van der Waals surface area contributed by atoms with Crippen molar-refractivity contribution in [3.63, 3.8) is 0 Å². The van der Waals surface area contributed by atoms with Gasteiger partial charge >= 0.3 is 0 Å². The number of carbonyl (C=O) groups excluding carboxylic acids is 2. The standard InChI is InChI=1S/C21H21BrN4O3/c1-3-26-12-18(19(25-26)21(28)23-2)24-20(27)15-7-4-6-14(10-15)13-29-17-9-5-8-16(22)11-17/h4-12H,3,13H2,1-2H3,(H,23,28)(H,24,27). The molecular weight excluding hydrogens is 436 g/mol. The van der Waals surface area contributed by atoms with Crippen LogP contribution >= 0.6 is 15.9 Å². The topological polar surface area (TPSA) is 85.2 Å². The number of anilines is 1. The maximum absolute atomic E-state index is 12.7. The maximum Gasteiger partial charge on any atom is 0.273 e. The lowest BCUT2D eigenvalue weighted by Gasteiger charge is -2.09. The van der Waals surface area contributed by atoms with Crippen LogP contribution in [0.1, 0.15) is 33.3 Å². The van der Waals surface area contributed by atoms with Gasteiger partial charge in [-0.05, 0) is 42.8 Å². The van der Waals surface area contributed by atoms with Gasteiger partial charge in [-0.2, -0.15) is 5.10 Å². The molecule has 1 heterocycles. The molecule has 0 aliphatic rings. The molecule has 29 heavy (non-hydrogen) atoms. The van der Waals surface area contributed by atoms with E-state index in [1.54, 1.807) is 29.1 Å². The lowest BCUT2D eigenvalue weighted by atomic mass is 10.1. The molecular formula is C21H21BrN4O3.